The Bertz CT molecular complexity index is 666. The van der Waals surface area contributed by atoms with E-state index in [0.717, 1.165) is 10.0 Å². The van der Waals surface area contributed by atoms with Gasteiger partial charge in [-0.3, -0.25) is 0 Å². The second-order valence-electron chi connectivity index (χ2n) is 4.49. The highest BCUT2D eigenvalue weighted by molar-refractivity contribution is 9.10. The van der Waals surface area contributed by atoms with Gasteiger partial charge < -0.3 is 10.1 Å². The van der Waals surface area contributed by atoms with E-state index in [1.54, 1.807) is 0 Å². The zero-order valence-electron chi connectivity index (χ0n) is 11.4. The molecule has 0 bridgehead atoms. The van der Waals surface area contributed by atoms with Crippen LogP contribution in [0.4, 0.5) is 4.39 Å². The first-order valence-corrected chi connectivity index (χ1v) is 8.18. The van der Waals surface area contributed by atoms with Crippen LogP contribution >= 0.6 is 43.5 Å². The molecule has 0 aliphatic carbocycles. The fourth-order valence-corrected chi connectivity index (χ4v) is 2.91. The van der Waals surface area contributed by atoms with Gasteiger partial charge in [-0.2, -0.15) is 0 Å². The molecule has 0 saturated heterocycles. The van der Waals surface area contributed by atoms with Crippen molar-refractivity contribution < 1.29 is 9.13 Å². The van der Waals surface area contributed by atoms with Crippen molar-refractivity contribution in [3.05, 3.63) is 55.7 Å². The Morgan fingerprint density at radius 3 is 2.57 bits per heavy atom. The molecule has 2 rings (SSSR count). The van der Waals surface area contributed by atoms with Gasteiger partial charge in [0.2, 0.25) is 0 Å². The van der Waals surface area contributed by atoms with Crippen LogP contribution in [0.3, 0.4) is 0 Å². The summed E-state index contributed by atoms with van der Waals surface area (Å²) in [6.07, 6.45) is 0. The zero-order chi connectivity index (χ0) is 15.6. The third kappa shape index (κ3) is 3.97. The number of halogens is 4. The van der Waals surface area contributed by atoms with E-state index < -0.39 is 5.82 Å². The zero-order valence-corrected chi connectivity index (χ0v) is 15.3. The molecule has 2 aromatic carbocycles. The molecule has 0 radical (unpaired) electrons. The number of benzene rings is 2. The van der Waals surface area contributed by atoms with E-state index in [-0.39, 0.29) is 11.1 Å². The lowest BCUT2D eigenvalue weighted by Crippen LogP contribution is -2.13. The molecule has 21 heavy (non-hydrogen) atoms. The molecule has 0 aromatic heterocycles. The summed E-state index contributed by atoms with van der Waals surface area (Å²) in [4.78, 5) is 0. The lowest BCUT2D eigenvalue weighted by Gasteiger charge is -2.17. The van der Waals surface area contributed by atoms with Crippen LogP contribution in [-0.4, -0.2) is 7.05 Å². The van der Waals surface area contributed by atoms with Crippen LogP contribution in [0.1, 0.15) is 18.5 Å². The monoisotopic (exact) mass is 435 g/mol. The van der Waals surface area contributed by atoms with E-state index in [0.29, 0.717) is 16.0 Å². The average Bonchev–Trinajstić information content (AvgIpc) is 2.45. The highest BCUT2D eigenvalue weighted by atomic mass is 79.9. The summed E-state index contributed by atoms with van der Waals surface area (Å²) in [5.41, 5.74) is 0.967. The van der Waals surface area contributed by atoms with Gasteiger partial charge in [-0.05, 0) is 54.2 Å². The van der Waals surface area contributed by atoms with Crippen LogP contribution < -0.4 is 10.1 Å². The molecule has 0 amide bonds. The van der Waals surface area contributed by atoms with Crippen LogP contribution in [0.5, 0.6) is 11.5 Å². The molecule has 6 heteroatoms. The van der Waals surface area contributed by atoms with Crippen LogP contribution in [-0.2, 0) is 0 Å². The van der Waals surface area contributed by atoms with E-state index in [1.165, 1.54) is 12.1 Å². The normalized spacial score (nSPS) is 12.3. The van der Waals surface area contributed by atoms with E-state index in [4.69, 9.17) is 16.3 Å². The molecule has 1 N–H and O–H groups in total. The van der Waals surface area contributed by atoms with Gasteiger partial charge >= 0.3 is 0 Å². The maximum Gasteiger partial charge on any atom is 0.145 e. The highest BCUT2D eigenvalue weighted by Gasteiger charge is 2.14. The van der Waals surface area contributed by atoms with Gasteiger partial charge in [0, 0.05) is 22.1 Å². The lowest BCUT2D eigenvalue weighted by atomic mass is 10.1. The first-order valence-electron chi connectivity index (χ1n) is 6.21. The van der Waals surface area contributed by atoms with Crippen molar-refractivity contribution in [3.63, 3.8) is 0 Å². The van der Waals surface area contributed by atoms with Gasteiger partial charge in [-0.15, -0.1) is 0 Å². The Balaban J connectivity index is 2.42. The van der Waals surface area contributed by atoms with Crippen molar-refractivity contribution in [2.45, 2.75) is 13.0 Å². The van der Waals surface area contributed by atoms with Crippen LogP contribution in [0, 0.1) is 5.82 Å². The third-order valence-corrected chi connectivity index (χ3v) is 4.47. The standard InChI is InChI=1S/C15H13Br2ClFNO/c1-8(20-2)10-5-9(16)3-4-14(10)21-15-7-13(19)12(18)6-11(15)17/h3-8,20H,1-2H3. The van der Waals surface area contributed by atoms with Crippen molar-refractivity contribution in [1.29, 1.82) is 0 Å². The van der Waals surface area contributed by atoms with Crippen molar-refractivity contribution in [2.75, 3.05) is 7.05 Å². The van der Waals surface area contributed by atoms with Gasteiger partial charge in [0.25, 0.3) is 0 Å². The Morgan fingerprint density at radius 2 is 1.90 bits per heavy atom. The maximum absolute atomic E-state index is 13.6. The number of hydrogen-bond donors (Lipinski definition) is 1. The van der Waals surface area contributed by atoms with Gasteiger partial charge in [0.05, 0.1) is 9.50 Å². The van der Waals surface area contributed by atoms with Gasteiger partial charge in [-0.1, -0.05) is 27.5 Å². The Morgan fingerprint density at radius 1 is 1.19 bits per heavy atom. The van der Waals surface area contributed by atoms with E-state index in [9.17, 15) is 4.39 Å². The molecule has 0 spiro atoms. The van der Waals surface area contributed by atoms with E-state index in [1.807, 2.05) is 32.2 Å². The summed E-state index contributed by atoms with van der Waals surface area (Å²) < 4.78 is 21.0. The number of rotatable bonds is 4. The molecule has 112 valence electrons. The van der Waals surface area contributed by atoms with E-state index >= 15 is 0 Å². The smallest absolute Gasteiger partial charge is 0.145 e. The summed E-state index contributed by atoms with van der Waals surface area (Å²) in [6, 6.07) is 8.52. The summed E-state index contributed by atoms with van der Waals surface area (Å²) in [5, 5.41) is 3.21. The minimum Gasteiger partial charge on any atom is -0.456 e. The number of hydrogen-bond acceptors (Lipinski definition) is 2. The second kappa shape index (κ2) is 7.09. The van der Waals surface area contributed by atoms with E-state index in [2.05, 4.69) is 37.2 Å². The number of ether oxygens (including phenoxy) is 1. The second-order valence-corrected chi connectivity index (χ2v) is 6.67. The molecule has 2 aromatic rings. The first-order chi connectivity index (χ1) is 9.92. The molecule has 2 nitrogen and oxygen atoms in total. The molecule has 1 atom stereocenters. The maximum atomic E-state index is 13.6. The van der Waals surface area contributed by atoms with Gasteiger partial charge in [0.1, 0.15) is 17.3 Å². The van der Waals surface area contributed by atoms with Gasteiger partial charge in [0.15, 0.2) is 0 Å². The molecule has 0 fully saturated rings. The van der Waals surface area contributed by atoms with Crippen molar-refractivity contribution >= 4 is 43.5 Å². The fraction of sp³-hybridized carbons (Fsp3) is 0.200. The predicted octanol–water partition coefficient (Wildman–Crippen LogP) is 6.08. The largest absolute Gasteiger partial charge is 0.456 e. The van der Waals surface area contributed by atoms with Gasteiger partial charge in [-0.25, -0.2) is 4.39 Å². The van der Waals surface area contributed by atoms with Crippen molar-refractivity contribution in [3.8, 4) is 11.5 Å². The van der Waals surface area contributed by atoms with Crippen molar-refractivity contribution in [1.82, 2.24) is 5.32 Å². The SMILES string of the molecule is CNC(C)c1cc(Br)ccc1Oc1cc(F)c(Cl)cc1Br. The van der Waals surface area contributed by atoms with Crippen LogP contribution in [0.15, 0.2) is 39.3 Å². The molecule has 0 saturated carbocycles. The lowest BCUT2D eigenvalue weighted by molar-refractivity contribution is 0.459. The Hall–Kier alpha value is -0.620. The predicted molar refractivity (Wildman–Crippen MR) is 90.8 cm³/mol. The summed E-state index contributed by atoms with van der Waals surface area (Å²) in [5.74, 6) is 0.515. The summed E-state index contributed by atoms with van der Waals surface area (Å²) in [6.45, 7) is 2.02. The topological polar surface area (TPSA) is 21.3 Å². The molecule has 0 heterocycles. The molecular weight excluding hydrogens is 424 g/mol. The van der Waals surface area contributed by atoms with Crippen LogP contribution in [0.25, 0.3) is 0 Å². The Labute approximate surface area is 144 Å². The molecule has 0 aliphatic rings. The summed E-state index contributed by atoms with van der Waals surface area (Å²) >= 11 is 12.5. The van der Waals surface area contributed by atoms with Crippen molar-refractivity contribution in [2.24, 2.45) is 0 Å². The first kappa shape index (κ1) is 16.7. The van der Waals surface area contributed by atoms with Crippen LogP contribution in [0.2, 0.25) is 5.02 Å². The quantitative estimate of drug-likeness (QED) is 0.586. The minimum absolute atomic E-state index is 0.0499. The highest BCUT2D eigenvalue weighted by Crippen LogP contribution is 2.37. The Kier molecular flexibility index (Phi) is 5.66. The molecular formula is C15H13Br2ClFNO. The third-order valence-electron chi connectivity index (χ3n) is 3.07. The fourth-order valence-electron chi connectivity index (χ4n) is 1.81. The molecule has 0 aliphatic heterocycles. The summed E-state index contributed by atoms with van der Waals surface area (Å²) in [7, 11) is 1.87. The minimum atomic E-state index is -0.518. The average molecular weight is 438 g/mol. The molecule has 1 unspecified atom stereocenters. The number of nitrogens with one attached hydrogen (secondary N) is 1.